The van der Waals surface area contributed by atoms with Crippen molar-refractivity contribution in [2.75, 3.05) is 0 Å². The molecule has 2 aromatic rings. The van der Waals surface area contributed by atoms with Gasteiger partial charge in [0.2, 0.25) is 0 Å². The fourth-order valence-corrected chi connectivity index (χ4v) is 5.02. The first-order valence-electron chi connectivity index (χ1n) is 7.17. The number of fused-ring (bicyclic) bond motifs is 1. The molecule has 0 aromatic heterocycles. The number of aryl methyl sites for hydroxylation is 1. The van der Waals surface area contributed by atoms with Gasteiger partial charge in [0.05, 0.1) is 11.0 Å². The first-order valence-corrected chi connectivity index (χ1v) is 8.88. The van der Waals surface area contributed by atoms with Crippen LogP contribution in [-0.4, -0.2) is 13.7 Å². The first-order chi connectivity index (χ1) is 10.1. The molecule has 1 aliphatic rings. The Morgan fingerprint density at radius 1 is 1.00 bits per heavy atom. The molecule has 1 aliphatic carbocycles. The number of hydrogen-bond acceptors (Lipinski definition) is 3. The number of hydrogen-bond donors (Lipinski definition) is 1. The second-order valence-electron chi connectivity index (χ2n) is 5.59. The summed E-state index contributed by atoms with van der Waals surface area (Å²) in [5, 5.41) is -0.493. The van der Waals surface area contributed by atoms with Crippen molar-refractivity contribution in [3.8, 4) is 0 Å². The highest BCUT2D eigenvalue weighted by Crippen LogP contribution is 2.33. The van der Waals surface area contributed by atoms with Gasteiger partial charge in [0.1, 0.15) is 0 Å². The zero-order chi connectivity index (χ0) is 14.9. The number of nitrogens with two attached hydrogens (primary N) is 1. The quantitative estimate of drug-likeness (QED) is 0.948. The molecule has 3 rings (SSSR count). The van der Waals surface area contributed by atoms with Crippen LogP contribution in [0.3, 0.4) is 0 Å². The van der Waals surface area contributed by atoms with Crippen molar-refractivity contribution in [3.63, 3.8) is 0 Å². The topological polar surface area (TPSA) is 60.2 Å². The standard InChI is InChI=1S/C17H19NO2S/c18-17-15-9-5-4-8-14(15)10-11-16(17)21(19,20)12-13-6-2-1-3-7-13/h1-9,16-17H,10-12,18H2. The first kappa shape index (κ1) is 14.3. The van der Waals surface area contributed by atoms with Gasteiger partial charge in [0, 0.05) is 6.04 Å². The molecule has 0 heterocycles. The molecule has 0 fully saturated rings. The molecule has 0 bridgehead atoms. The smallest absolute Gasteiger partial charge is 0.159 e. The van der Waals surface area contributed by atoms with E-state index < -0.39 is 21.1 Å². The summed E-state index contributed by atoms with van der Waals surface area (Å²) < 4.78 is 25.4. The van der Waals surface area contributed by atoms with Crippen molar-refractivity contribution in [2.45, 2.75) is 29.9 Å². The van der Waals surface area contributed by atoms with E-state index in [2.05, 4.69) is 0 Å². The molecule has 110 valence electrons. The van der Waals surface area contributed by atoms with Crippen LogP contribution in [0.5, 0.6) is 0 Å². The molecule has 2 atom stereocenters. The fourth-order valence-electron chi connectivity index (χ4n) is 3.08. The van der Waals surface area contributed by atoms with Crippen LogP contribution >= 0.6 is 0 Å². The van der Waals surface area contributed by atoms with E-state index >= 15 is 0 Å². The Hall–Kier alpha value is -1.65. The second kappa shape index (κ2) is 5.62. The van der Waals surface area contributed by atoms with Gasteiger partial charge >= 0.3 is 0 Å². The van der Waals surface area contributed by atoms with E-state index in [1.165, 1.54) is 5.56 Å². The minimum atomic E-state index is -3.25. The van der Waals surface area contributed by atoms with E-state index in [-0.39, 0.29) is 5.75 Å². The van der Waals surface area contributed by atoms with Gasteiger partial charge in [-0.2, -0.15) is 0 Å². The van der Waals surface area contributed by atoms with Crippen LogP contribution in [0.4, 0.5) is 0 Å². The molecule has 2 N–H and O–H groups in total. The lowest BCUT2D eigenvalue weighted by Gasteiger charge is -2.30. The molecule has 4 heteroatoms. The SMILES string of the molecule is NC1c2ccccc2CCC1S(=O)(=O)Cc1ccccc1. The molecule has 2 unspecified atom stereocenters. The minimum Gasteiger partial charge on any atom is -0.323 e. The third-order valence-electron chi connectivity index (χ3n) is 4.18. The van der Waals surface area contributed by atoms with Gasteiger partial charge in [-0.05, 0) is 29.5 Å². The lowest BCUT2D eigenvalue weighted by atomic mass is 9.88. The highest BCUT2D eigenvalue weighted by Gasteiger charge is 2.35. The maximum atomic E-state index is 12.7. The lowest BCUT2D eigenvalue weighted by Crippen LogP contribution is -2.38. The number of rotatable bonds is 3. The molecular formula is C17H19NO2S. The molecule has 2 aromatic carbocycles. The molecule has 0 amide bonds. The maximum Gasteiger partial charge on any atom is 0.159 e. The van der Waals surface area contributed by atoms with Crippen LogP contribution in [0.1, 0.15) is 29.2 Å². The molecule has 0 saturated heterocycles. The Morgan fingerprint density at radius 2 is 1.67 bits per heavy atom. The molecule has 0 spiro atoms. The predicted molar refractivity (Wildman–Crippen MR) is 84.5 cm³/mol. The summed E-state index contributed by atoms with van der Waals surface area (Å²) in [4.78, 5) is 0. The van der Waals surface area contributed by atoms with Crippen molar-refractivity contribution in [2.24, 2.45) is 5.73 Å². The molecule has 3 nitrogen and oxygen atoms in total. The van der Waals surface area contributed by atoms with E-state index in [1.807, 2.05) is 54.6 Å². The Labute approximate surface area is 125 Å². The van der Waals surface area contributed by atoms with E-state index in [1.54, 1.807) is 0 Å². The molecule has 21 heavy (non-hydrogen) atoms. The van der Waals surface area contributed by atoms with Crippen LogP contribution in [0.25, 0.3) is 0 Å². The van der Waals surface area contributed by atoms with Gasteiger partial charge < -0.3 is 5.73 Å². The van der Waals surface area contributed by atoms with Gasteiger partial charge in [-0.15, -0.1) is 0 Å². The minimum absolute atomic E-state index is 0.0639. The summed E-state index contributed by atoms with van der Waals surface area (Å²) in [5.74, 6) is 0.0639. The van der Waals surface area contributed by atoms with E-state index in [0.29, 0.717) is 6.42 Å². The Bertz CT molecular complexity index is 725. The normalized spacial score (nSPS) is 21.8. The molecule has 0 saturated carbocycles. The van der Waals surface area contributed by atoms with Crippen molar-refractivity contribution in [3.05, 3.63) is 71.3 Å². The van der Waals surface area contributed by atoms with Crippen LogP contribution < -0.4 is 5.73 Å². The third-order valence-corrected chi connectivity index (χ3v) is 6.37. The van der Waals surface area contributed by atoms with Crippen LogP contribution in [-0.2, 0) is 22.0 Å². The summed E-state index contributed by atoms with van der Waals surface area (Å²) >= 11 is 0. The number of benzene rings is 2. The average molecular weight is 301 g/mol. The Kier molecular flexibility index (Phi) is 3.83. The van der Waals surface area contributed by atoms with Crippen LogP contribution in [0.15, 0.2) is 54.6 Å². The van der Waals surface area contributed by atoms with Gasteiger partial charge in [0.15, 0.2) is 9.84 Å². The largest absolute Gasteiger partial charge is 0.323 e. The Morgan fingerprint density at radius 3 is 2.43 bits per heavy atom. The summed E-state index contributed by atoms with van der Waals surface area (Å²) in [6.45, 7) is 0. The van der Waals surface area contributed by atoms with Crippen LogP contribution in [0.2, 0.25) is 0 Å². The highest BCUT2D eigenvalue weighted by molar-refractivity contribution is 7.91. The molecular weight excluding hydrogens is 282 g/mol. The van der Waals surface area contributed by atoms with Crippen molar-refractivity contribution in [1.82, 2.24) is 0 Å². The van der Waals surface area contributed by atoms with Gasteiger partial charge in [-0.25, -0.2) is 8.42 Å². The summed E-state index contributed by atoms with van der Waals surface area (Å²) in [6, 6.07) is 16.8. The zero-order valence-electron chi connectivity index (χ0n) is 11.8. The van der Waals surface area contributed by atoms with Gasteiger partial charge in [0.25, 0.3) is 0 Å². The van der Waals surface area contributed by atoms with E-state index in [0.717, 1.165) is 17.5 Å². The van der Waals surface area contributed by atoms with Crippen molar-refractivity contribution >= 4 is 9.84 Å². The maximum absolute atomic E-state index is 12.7. The summed E-state index contributed by atoms with van der Waals surface area (Å²) in [5.41, 5.74) is 9.23. The van der Waals surface area contributed by atoms with E-state index in [4.69, 9.17) is 5.73 Å². The average Bonchev–Trinajstić information content (AvgIpc) is 2.48. The van der Waals surface area contributed by atoms with Crippen molar-refractivity contribution in [1.29, 1.82) is 0 Å². The lowest BCUT2D eigenvalue weighted by molar-refractivity contribution is 0.520. The van der Waals surface area contributed by atoms with Gasteiger partial charge in [-0.1, -0.05) is 54.6 Å². The zero-order valence-corrected chi connectivity index (χ0v) is 12.6. The van der Waals surface area contributed by atoms with Gasteiger partial charge in [-0.3, -0.25) is 0 Å². The van der Waals surface area contributed by atoms with E-state index in [9.17, 15) is 8.42 Å². The van der Waals surface area contributed by atoms with Crippen LogP contribution in [0, 0.1) is 0 Å². The van der Waals surface area contributed by atoms with Crippen molar-refractivity contribution < 1.29 is 8.42 Å². The highest BCUT2D eigenvalue weighted by atomic mass is 32.2. The molecule has 0 radical (unpaired) electrons. The monoisotopic (exact) mass is 301 g/mol. The summed E-state index contributed by atoms with van der Waals surface area (Å²) in [6.07, 6.45) is 1.38. The number of sulfone groups is 1. The summed E-state index contributed by atoms with van der Waals surface area (Å²) in [7, 11) is -3.25. The predicted octanol–water partition coefficient (Wildman–Crippen LogP) is 2.62. The third kappa shape index (κ3) is 2.87. The Balaban J connectivity index is 1.87. The molecule has 0 aliphatic heterocycles. The fraction of sp³-hybridized carbons (Fsp3) is 0.294. The second-order valence-corrected chi connectivity index (χ2v) is 7.81.